The molecule has 1 aromatic heterocycles. The number of hydrogen-bond acceptors (Lipinski definition) is 4. The van der Waals surface area contributed by atoms with E-state index in [0.717, 1.165) is 0 Å². The summed E-state index contributed by atoms with van der Waals surface area (Å²) in [7, 11) is 0. The van der Waals surface area contributed by atoms with Gasteiger partial charge in [-0.25, -0.2) is 0 Å². The number of nitrogens with zero attached hydrogens (tertiary/aromatic N) is 2. The number of nitriles is 1. The Morgan fingerprint density at radius 3 is 3.00 bits per heavy atom. The number of hydrogen-bond donors (Lipinski definition) is 0. The highest BCUT2D eigenvalue weighted by Gasteiger charge is 2.20. The zero-order chi connectivity index (χ0) is 11.8. The molecular formula is C12H14N2O2. The van der Waals surface area contributed by atoms with Crippen molar-refractivity contribution in [2.75, 3.05) is 13.2 Å². The Hall–Kier alpha value is -1.73. The lowest BCUT2D eigenvalue weighted by Gasteiger charge is -2.07. The molecule has 1 heterocycles. The summed E-state index contributed by atoms with van der Waals surface area (Å²) in [4.78, 5) is 15.7. The van der Waals surface area contributed by atoms with Crippen molar-refractivity contribution in [3.05, 3.63) is 30.1 Å². The van der Waals surface area contributed by atoms with E-state index >= 15 is 0 Å². The zero-order valence-corrected chi connectivity index (χ0v) is 9.22. The van der Waals surface area contributed by atoms with Crippen LogP contribution in [0.5, 0.6) is 0 Å². The molecule has 0 fully saturated rings. The van der Waals surface area contributed by atoms with E-state index in [9.17, 15) is 4.79 Å². The lowest BCUT2D eigenvalue weighted by atomic mass is 9.99. The summed E-state index contributed by atoms with van der Waals surface area (Å²) in [6.07, 6.45) is 1.83. The Morgan fingerprint density at radius 1 is 1.62 bits per heavy atom. The highest BCUT2D eigenvalue weighted by Crippen LogP contribution is 2.14. The first-order valence-corrected chi connectivity index (χ1v) is 5.20. The second-order valence-electron chi connectivity index (χ2n) is 3.23. The van der Waals surface area contributed by atoms with Gasteiger partial charge in [0.15, 0.2) is 5.78 Å². The van der Waals surface area contributed by atoms with Crippen LogP contribution in [0.4, 0.5) is 0 Å². The van der Waals surface area contributed by atoms with Gasteiger partial charge in [-0.05, 0) is 19.1 Å². The topological polar surface area (TPSA) is 63.0 Å². The lowest BCUT2D eigenvalue weighted by Crippen LogP contribution is -2.14. The molecule has 0 saturated carbocycles. The number of aromatic nitrogens is 1. The first-order chi connectivity index (χ1) is 7.79. The van der Waals surface area contributed by atoms with Crippen LogP contribution < -0.4 is 0 Å². The standard InChI is InChI=1S/C12H14N2O2/c1-2-16-8-6-12(15)10(9-13)11-5-3-4-7-14-11/h3-5,7,10H,2,6,8H2,1H3. The molecule has 0 saturated heterocycles. The molecular weight excluding hydrogens is 204 g/mol. The van der Waals surface area contributed by atoms with Crippen LogP contribution in [0, 0.1) is 11.3 Å². The van der Waals surface area contributed by atoms with Gasteiger partial charge in [-0.3, -0.25) is 9.78 Å². The van der Waals surface area contributed by atoms with Gasteiger partial charge in [0.1, 0.15) is 5.92 Å². The fraction of sp³-hybridized carbons (Fsp3) is 0.417. The van der Waals surface area contributed by atoms with E-state index in [2.05, 4.69) is 4.98 Å². The van der Waals surface area contributed by atoms with E-state index in [1.807, 2.05) is 13.0 Å². The number of carbonyl (C=O) groups is 1. The number of carbonyl (C=O) groups excluding carboxylic acids is 1. The molecule has 1 unspecified atom stereocenters. The number of rotatable bonds is 6. The Labute approximate surface area is 94.9 Å². The first-order valence-electron chi connectivity index (χ1n) is 5.20. The molecule has 0 N–H and O–H groups in total. The van der Waals surface area contributed by atoms with Crippen LogP contribution in [-0.4, -0.2) is 24.0 Å². The molecule has 4 heteroatoms. The van der Waals surface area contributed by atoms with E-state index in [0.29, 0.717) is 18.9 Å². The van der Waals surface area contributed by atoms with Gasteiger partial charge in [-0.15, -0.1) is 0 Å². The number of Topliss-reactive ketones (excluding diaryl/α,β-unsaturated/α-hetero) is 1. The van der Waals surface area contributed by atoms with Crippen LogP contribution in [0.1, 0.15) is 25.0 Å². The predicted molar refractivity (Wildman–Crippen MR) is 58.7 cm³/mol. The molecule has 0 radical (unpaired) electrons. The van der Waals surface area contributed by atoms with Crippen molar-refractivity contribution in [3.8, 4) is 6.07 Å². The number of pyridine rings is 1. The van der Waals surface area contributed by atoms with Gasteiger partial charge in [-0.1, -0.05) is 6.07 Å². The minimum absolute atomic E-state index is 0.144. The molecule has 0 aliphatic heterocycles. The predicted octanol–water partition coefficient (Wildman–Crippen LogP) is 1.68. The summed E-state index contributed by atoms with van der Waals surface area (Å²) in [5.74, 6) is -0.920. The van der Waals surface area contributed by atoms with Crippen LogP contribution in [0.2, 0.25) is 0 Å². The molecule has 0 bridgehead atoms. The van der Waals surface area contributed by atoms with E-state index in [4.69, 9.17) is 10.00 Å². The van der Waals surface area contributed by atoms with Crippen molar-refractivity contribution in [3.63, 3.8) is 0 Å². The van der Waals surface area contributed by atoms with Crippen LogP contribution in [-0.2, 0) is 9.53 Å². The second-order valence-corrected chi connectivity index (χ2v) is 3.23. The van der Waals surface area contributed by atoms with Crippen LogP contribution >= 0.6 is 0 Å². The average Bonchev–Trinajstić information content (AvgIpc) is 2.32. The summed E-state index contributed by atoms with van der Waals surface area (Å²) < 4.78 is 5.08. The Kier molecular flexibility index (Phi) is 5.17. The van der Waals surface area contributed by atoms with Crippen molar-refractivity contribution in [2.24, 2.45) is 0 Å². The van der Waals surface area contributed by atoms with E-state index in [1.54, 1.807) is 24.4 Å². The zero-order valence-electron chi connectivity index (χ0n) is 9.22. The largest absolute Gasteiger partial charge is 0.381 e. The lowest BCUT2D eigenvalue weighted by molar-refractivity contribution is -0.120. The van der Waals surface area contributed by atoms with Crippen LogP contribution in [0.15, 0.2) is 24.4 Å². The summed E-state index contributed by atoms with van der Waals surface area (Å²) in [6.45, 7) is 2.80. The summed E-state index contributed by atoms with van der Waals surface area (Å²) in [5, 5.41) is 8.95. The highest BCUT2D eigenvalue weighted by atomic mass is 16.5. The van der Waals surface area contributed by atoms with Gasteiger partial charge in [0.05, 0.1) is 18.4 Å². The van der Waals surface area contributed by atoms with E-state index in [-0.39, 0.29) is 12.2 Å². The Morgan fingerprint density at radius 2 is 2.44 bits per heavy atom. The van der Waals surface area contributed by atoms with Crippen molar-refractivity contribution in [1.82, 2.24) is 4.98 Å². The van der Waals surface area contributed by atoms with E-state index in [1.165, 1.54) is 0 Å². The van der Waals surface area contributed by atoms with Gasteiger partial charge in [0.2, 0.25) is 0 Å². The molecule has 0 aromatic carbocycles. The molecule has 1 atom stereocenters. The number of ether oxygens (including phenoxy) is 1. The minimum Gasteiger partial charge on any atom is -0.381 e. The quantitative estimate of drug-likeness (QED) is 0.681. The maximum atomic E-state index is 11.7. The van der Waals surface area contributed by atoms with Crippen LogP contribution in [0.3, 0.4) is 0 Å². The molecule has 16 heavy (non-hydrogen) atoms. The molecule has 1 aromatic rings. The third-order valence-electron chi connectivity index (χ3n) is 2.13. The second kappa shape index (κ2) is 6.70. The minimum atomic E-state index is -0.776. The normalized spacial score (nSPS) is 11.8. The summed E-state index contributed by atoms with van der Waals surface area (Å²) >= 11 is 0. The molecule has 84 valence electrons. The summed E-state index contributed by atoms with van der Waals surface area (Å²) in [5.41, 5.74) is 0.506. The molecule has 0 aliphatic rings. The van der Waals surface area contributed by atoms with Gasteiger partial charge in [0, 0.05) is 19.2 Å². The monoisotopic (exact) mass is 218 g/mol. The SMILES string of the molecule is CCOCCC(=O)C(C#N)c1ccccn1. The first kappa shape index (κ1) is 12.3. The third-order valence-corrected chi connectivity index (χ3v) is 2.13. The third kappa shape index (κ3) is 3.44. The van der Waals surface area contributed by atoms with Crippen molar-refractivity contribution >= 4 is 5.78 Å². The van der Waals surface area contributed by atoms with Gasteiger partial charge < -0.3 is 4.74 Å². The fourth-order valence-electron chi connectivity index (χ4n) is 1.31. The fourth-order valence-corrected chi connectivity index (χ4v) is 1.31. The average molecular weight is 218 g/mol. The maximum absolute atomic E-state index is 11.7. The van der Waals surface area contributed by atoms with E-state index < -0.39 is 5.92 Å². The van der Waals surface area contributed by atoms with Crippen LogP contribution in [0.25, 0.3) is 0 Å². The van der Waals surface area contributed by atoms with Crippen molar-refractivity contribution in [2.45, 2.75) is 19.3 Å². The molecule has 0 aliphatic carbocycles. The molecule has 0 amide bonds. The molecule has 0 spiro atoms. The summed E-state index contributed by atoms with van der Waals surface area (Å²) in [6, 6.07) is 7.18. The molecule has 1 rings (SSSR count). The van der Waals surface area contributed by atoms with Gasteiger partial charge in [-0.2, -0.15) is 5.26 Å². The Balaban J connectivity index is 2.62. The maximum Gasteiger partial charge on any atom is 0.158 e. The number of ketones is 1. The van der Waals surface area contributed by atoms with Gasteiger partial charge >= 0.3 is 0 Å². The highest BCUT2D eigenvalue weighted by molar-refractivity contribution is 5.87. The Bertz CT molecular complexity index is 370. The van der Waals surface area contributed by atoms with Crippen molar-refractivity contribution in [1.29, 1.82) is 5.26 Å². The van der Waals surface area contributed by atoms with Gasteiger partial charge in [0.25, 0.3) is 0 Å². The smallest absolute Gasteiger partial charge is 0.158 e. The van der Waals surface area contributed by atoms with Crippen molar-refractivity contribution < 1.29 is 9.53 Å². The molecule has 4 nitrogen and oxygen atoms in total.